The van der Waals surface area contributed by atoms with Crippen LogP contribution in [0.3, 0.4) is 0 Å². The van der Waals surface area contributed by atoms with Crippen LogP contribution in [0.4, 0.5) is 11.5 Å². The van der Waals surface area contributed by atoms with Gasteiger partial charge in [0.25, 0.3) is 10.0 Å². The van der Waals surface area contributed by atoms with Crippen molar-refractivity contribution in [1.29, 1.82) is 0 Å². The third kappa shape index (κ3) is 4.43. The lowest BCUT2D eigenvalue weighted by molar-refractivity contribution is 0.211. The lowest BCUT2D eigenvalue weighted by Gasteiger charge is -2.08. The van der Waals surface area contributed by atoms with Crippen molar-refractivity contribution in [2.75, 3.05) is 30.3 Å². The van der Waals surface area contributed by atoms with E-state index in [1.54, 1.807) is 31.5 Å². The van der Waals surface area contributed by atoms with E-state index in [1.807, 2.05) is 13.0 Å². The zero-order valence-corrected chi connectivity index (χ0v) is 14.1. The SMILES string of the molecule is CCc1ccc(S(=O)(=O)Nc2ccc(NCCOC)cn2)s1. The molecule has 0 aliphatic carbocycles. The van der Waals surface area contributed by atoms with Crippen molar-refractivity contribution in [2.24, 2.45) is 0 Å². The van der Waals surface area contributed by atoms with Gasteiger partial charge in [-0.2, -0.15) is 0 Å². The Balaban J connectivity index is 2.03. The fraction of sp³-hybridized carbons (Fsp3) is 0.357. The van der Waals surface area contributed by atoms with Crippen LogP contribution in [-0.2, 0) is 21.2 Å². The van der Waals surface area contributed by atoms with E-state index in [0.29, 0.717) is 23.2 Å². The minimum Gasteiger partial charge on any atom is -0.383 e. The zero-order valence-electron chi connectivity index (χ0n) is 12.5. The minimum absolute atomic E-state index is 0.295. The first-order chi connectivity index (χ1) is 10.5. The van der Waals surface area contributed by atoms with E-state index in [0.717, 1.165) is 17.0 Å². The summed E-state index contributed by atoms with van der Waals surface area (Å²) in [4.78, 5) is 5.14. The molecule has 0 aliphatic rings. The number of ether oxygens (including phenoxy) is 1. The molecule has 0 aromatic carbocycles. The highest BCUT2D eigenvalue weighted by atomic mass is 32.2. The smallest absolute Gasteiger partial charge is 0.272 e. The third-order valence-electron chi connectivity index (χ3n) is 2.89. The van der Waals surface area contributed by atoms with Crippen molar-refractivity contribution >= 4 is 32.9 Å². The second kappa shape index (κ2) is 7.57. The maximum Gasteiger partial charge on any atom is 0.272 e. The van der Waals surface area contributed by atoms with Gasteiger partial charge >= 0.3 is 0 Å². The molecular weight excluding hydrogens is 322 g/mol. The summed E-state index contributed by atoms with van der Waals surface area (Å²) in [6.45, 7) is 3.25. The molecule has 120 valence electrons. The maximum atomic E-state index is 12.3. The molecule has 0 radical (unpaired) electrons. The van der Waals surface area contributed by atoms with Crippen molar-refractivity contribution in [3.63, 3.8) is 0 Å². The van der Waals surface area contributed by atoms with Crippen LogP contribution in [0.2, 0.25) is 0 Å². The van der Waals surface area contributed by atoms with Crippen LogP contribution in [0.25, 0.3) is 0 Å². The number of methoxy groups -OCH3 is 1. The normalized spacial score (nSPS) is 11.4. The number of pyridine rings is 1. The third-order valence-corrected chi connectivity index (χ3v) is 5.96. The van der Waals surface area contributed by atoms with E-state index >= 15 is 0 Å². The molecule has 2 heterocycles. The van der Waals surface area contributed by atoms with Gasteiger partial charge < -0.3 is 10.1 Å². The molecule has 0 atom stereocenters. The van der Waals surface area contributed by atoms with Gasteiger partial charge in [0, 0.05) is 18.5 Å². The number of aryl methyl sites for hydroxylation is 1. The van der Waals surface area contributed by atoms with E-state index in [9.17, 15) is 8.42 Å². The number of aromatic nitrogens is 1. The summed E-state index contributed by atoms with van der Waals surface area (Å²) in [6.07, 6.45) is 2.40. The van der Waals surface area contributed by atoms with Gasteiger partial charge in [-0.05, 0) is 30.7 Å². The lowest BCUT2D eigenvalue weighted by atomic mass is 10.4. The summed E-state index contributed by atoms with van der Waals surface area (Å²) in [7, 11) is -1.94. The molecule has 2 aromatic heterocycles. The van der Waals surface area contributed by atoms with Crippen molar-refractivity contribution in [3.05, 3.63) is 35.3 Å². The quantitative estimate of drug-likeness (QED) is 0.721. The first-order valence-electron chi connectivity index (χ1n) is 6.85. The van der Waals surface area contributed by atoms with Gasteiger partial charge in [0.2, 0.25) is 0 Å². The highest BCUT2D eigenvalue weighted by Gasteiger charge is 2.17. The zero-order chi connectivity index (χ0) is 16.0. The molecule has 0 bridgehead atoms. The summed E-state index contributed by atoms with van der Waals surface area (Å²) >= 11 is 1.27. The van der Waals surface area contributed by atoms with Gasteiger partial charge in [0.15, 0.2) is 0 Å². The number of nitrogens with zero attached hydrogens (tertiary/aromatic N) is 1. The molecule has 0 unspecified atom stereocenters. The van der Waals surface area contributed by atoms with Crippen LogP contribution < -0.4 is 10.0 Å². The first kappa shape index (κ1) is 16.7. The van der Waals surface area contributed by atoms with Crippen LogP contribution in [0, 0.1) is 0 Å². The standard InChI is InChI=1S/C14H19N3O3S2/c1-3-12-5-7-14(21-12)22(18,19)17-13-6-4-11(10-16-13)15-8-9-20-2/h4-7,10,15H,3,8-9H2,1-2H3,(H,16,17). The maximum absolute atomic E-state index is 12.3. The Morgan fingerprint density at radius 1 is 1.27 bits per heavy atom. The topological polar surface area (TPSA) is 80.3 Å². The van der Waals surface area contributed by atoms with Crippen molar-refractivity contribution in [2.45, 2.75) is 17.6 Å². The Labute approximate surface area is 134 Å². The van der Waals surface area contributed by atoms with Gasteiger partial charge in [-0.3, -0.25) is 4.72 Å². The van der Waals surface area contributed by atoms with Crippen molar-refractivity contribution in [3.8, 4) is 0 Å². The molecular formula is C14H19N3O3S2. The van der Waals surface area contributed by atoms with E-state index in [4.69, 9.17) is 4.74 Å². The average Bonchev–Trinajstić information content (AvgIpc) is 2.99. The monoisotopic (exact) mass is 341 g/mol. The summed E-state index contributed by atoms with van der Waals surface area (Å²) in [5.41, 5.74) is 0.810. The van der Waals surface area contributed by atoms with E-state index in [-0.39, 0.29) is 0 Å². The summed E-state index contributed by atoms with van der Waals surface area (Å²) in [5, 5.41) is 3.12. The van der Waals surface area contributed by atoms with Crippen molar-refractivity contribution < 1.29 is 13.2 Å². The van der Waals surface area contributed by atoms with E-state index in [1.165, 1.54) is 11.3 Å². The Hall–Kier alpha value is -1.64. The molecule has 0 saturated heterocycles. The Morgan fingerprint density at radius 3 is 2.68 bits per heavy atom. The number of hydrogen-bond donors (Lipinski definition) is 2. The highest BCUT2D eigenvalue weighted by molar-refractivity contribution is 7.94. The fourth-order valence-electron chi connectivity index (χ4n) is 1.74. The number of rotatable bonds is 8. The fourth-order valence-corrected chi connectivity index (χ4v) is 4.04. The number of sulfonamides is 1. The van der Waals surface area contributed by atoms with Crippen LogP contribution in [-0.4, -0.2) is 33.7 Å². The molecule has 0 aliphatic heterocycles. The minimum atomic E-state index is -3.57. The second-order valence-electron chi connectivity index (χ2n) is 4.53. The highest BCUT2D eigenvalue weighted by Crippen LogP contribution is 2.24. The number of anilines is 2. The van der Waals surface area contributed by atoms with Crippen LogP contribution in [0.5, 0.6) is 0 Å². The molecule has 2 N–H and O–H groups in total. The van der Waals surface area contributed by atoms with Gasteiger partial charge in [-0.1, -0.05) is 6.92 Å². The Bertz CT molecular complexity index is 696. The molecule has 22 heavy (non-hydrogen) atoms. The molecule has 2 aromatic rings. The Kier molecular flexibility index (Phi) is 5.76. The lowest BCUT2D eigenvalue weighted by Crippen LogP contribution is -2.13. The predicted octanol–water partition coefficient (Wildman–Crippen LogP) is 2.56. The molecule has 0 amide bonds. The van der Waals surface area contributed by atoms with Gasteiger partial charge in [0.05, 0.1) is 18.5 Å². The molecule has 0 spiro atoms. The first-order valence-corrected chi connectivity index (χ1v) is 9.15. The van der Waals surface area contributed by atoms with Crippen LogP contribution in [0.1, 0.15) is 11.8 Å². The summed E-state index contributed by atoms with van der Waals surface area (Å²) < 4.78 is 32.2. The molecule has 0 saturated carbocycles. The summed E-state index contributed by atoms with van der Waals surface area (Å²) in [5.74, 6) is 0.295. The van der Waals surface area contributed by atoms with Gasteiger partial charge in [0.1, 0.15) is 10.0 Å². The largest absolute Gasteiger partial charge is 0.383 e. The van der Waals surface area contributed by atoms with Crippen LogP contribution in [0.15, 0.2) is 34.7 Å². The Morgan fingerprint density at radius 2 is 2.09 bits per heavy atom. The number of nitrogens with one attached hydrogen (secondary N) is 2. The van der Waals surface area contributed by atoms with Gasteiger partial charge in [-0.15, -0.1) is 11.3 Å². The van der Waals surface area contributed by atoms with E-state index in [2.05, 4.69) is 15.0 Å². The molecule has 0 fully saturated rings. The van der Waals surface area contributed by atoms with Crippen molar-refractivity contribution in [1.82, 2.24) is 4.98 Å². The predicted molar refractivity (Wildman–Crippen MR) is 89.1 cm³/mol. The number of thiophene rings is 1. The van der Waals surface area contributed by atoms with E-state index < -0.39 is 10.0 Å². The summed E-state index contributed by atoms with van der Waals surface area (Å²) in [6, 6.07) is 6.84. The molecule has 6 nitrogen and oxygen atoms in total. The average molecular weight is 341 g/mol. The molecule has 2 rings (SSSR count). The van der Waals surface area contributed by atoms with Crippen LogP contribution >= 0.6 is 11.3 Å². The molecule has 8 heteroatoms. The second-order valence-corrected chi connectivity index (χ2v) is 7.61. The van der Waals surface area contributed by atoms with Gasteiger partial charge in [-0.25, -0.2) is 13.4 Å². The number of hydrogen-bond acceptors (Lipinski definition) is 6.